The minimum atomic E-state index is 0.570. The van der Waals surface area contributed by atoms with Gasteiger partial charge in [0.2, 0.25) is 0 Å². The molecule has 0 N–H and O–H groups in total. The minimum absolute atomic E-state index is 0.570. The number of hydrogen-bond donors (Lipinski definition) is 0. The average Bonchev–Trinajstić information content (AvgIpc) is 3.43. The van der Waals surface area contributed by atoms with Gasteiger partial charge in [0.15, 0.2) is 0 Å². The average molecular weight is 507 g/mol. The van der Waals surface area contributed by atoms with Crippen LogP contribution in [0.2, 0.25) is 0 Å². The van der Waals surface area contributed by atoms with Crippen LogP contribution in [0.3, 0.4) is 0 Å². The van der Waals surface area contributed by atoms with Crippen molar-refractivity contribution in [3.05, 3.63) is 108 Å². The second-order valence-corrected chi connectivity index (χ2v) is 11.7. The molecule has 0 saturated heterocycles. The van der Waals surface area contributed by atoms with Gasteiger partial charge in [-0.3, -0.25) is 0 Å². The first-order valence-corrected chi connectivity index (χ1v) is 14.6. The van der Waals surface area contributed by atoms with E-state index in [9.17, 15) is 0 Å². The fourth-order valence-corrected chi connectivity index (χ4v) is 7.49. The molecule has 4 aliphatic heterocycles. The summed E-state index contributed by atoms with van der Waals surface area (Å²) in [6.07, 6.45) is 10.0. The smallest absolute Gasteiger partial charge is 0.0491 e. The number of benzene rings is 4. The first-order valence-electron chi connectivity index (χ1n) is 14.6. The van der Waals surface area contributed by atoms with Gasteiger partial charge in [-0.25, -0.2) is 0 Å². The van der Waals surface area contributed by atoms with Crippen LogP contribution in [0, 0.1) is 0 Å². The summed E-state index contributed by atoms with van der Waals surface area (Å²) in [4.78, 5) is 0. The summed E-state index contributed by atoms with van der Waals surface area (Å²) in [5, 5.41) is 5.53. The number of fused-ring (bicyclic) bond motifs is 2. The molecule has 39 heavy (non-hydrogen) atoms. The summed E-state index contributed by atoms with van der Waals surface area (Å²) < 4.78 is 5.13. The van der Waals surface area contributed by atoms with Crippen molar-refractivity contribution in [1.82, 2.24) is 9.13 Å². The van der Waals surface area contributed by atoms with Crippen LogP contribution in [0.25, 0.3) is 55.8 Å². The van der Waals surface area contributed by atoms with Gasteiger partial charge in [0.25, 0.3) is 0 Å². The fourth-order valence-electron chi connectivity index (χ4n) is 7.49. The Balaban J connectivity index is 1.33. The Labute approximate surface area is 229 Å². The maximum absolute atomic E-state index is 4.04. The maximum Gasteiger partial charge on any atom is 0.0491 e. The topological polar surface area (TPSA) is 9.86 Å². The standard InChI is InChI=1S/C37H34N2/c1-3-24-8-14-34-30(20-24)32-22-26-10-16-36(32)38(34)18-6-5-7-19-39-35-15-9-25(4-2)21-31(35)33-23-27(11-17-37(33)39)29-13-12-28(26)29/h3-4,8-11,14-17,20-23,28-29H,1-2,5-7,12-13,18-19H2/t28-,29+. The molecule has 0 unspecified atom stereocenters. The zero-order valence-electron chi connectivity index (χ0n) is 22.5. The van der Waals surface area contributed by atoms with Crippen molar-refractivity contribution in [3.63, 3.8) is 0 Å². The quantitative estimate of drug-likeness (QED) is 0.221. The molecule has 8 bridgehead atoms. The summed E-state index contributed by atoms with van der Waals surface area (Å²) in [5.74, 6) is 1.14. The summed E-state index contributed by atoms with van der Waals surface area (Å²) in [5.41, 5.74) is 10.8. The van der Waals surface area contributed by atoms with Crippen LogP contribution in [-0.4, -0.2) is 9.13 Å². The van der Waals surface area contributed by atoms with Crippen molar-refractivity contribution in [2.24, 2.45) is 0 Å². The lowest BCUT2D eigenvalue weighted by atomic mass is 9.66. The van der Waals surface area contributed by atoms with Crippen LogP contribution in [0.5, 0.6) is 0 Å². The van der Waals surface area contributed by atoms with E-state index < -0.39 is 0 Å². The van der Waals surface area contributed by atoms with E-state index in [4.69, 9.17) is 0 Å². The van der Waals surface area contributed by atoms with Crippen LogP contribution < -0.4 is 0 Å². The third-order valence-corrected chi connectivity index (χ3v) is 9.69. The second kappa shape index (κ2) is 8.74. The van der Waals surface area contributed by atoms with E-state index in [2.05, 4.69) is 95.1 Å². The number of rotatable bonds is 2. The van der Waals surface area contributed by atoms with E-state index in [1.54, 1.807) is 0 Å². The van der Waals surface area contributed by atoms with Crippen molar-refractivity contribution >= 4 is 55.8 Å². The summed E-state index contributed by atoms with van der Waals surface area (Å²) in [6.45, 7) is 10.2. The molecule has 2 atom stereocenters. The molecule has 1 aliphatic carbocycles. The van der Waals surface area contributed by atoms with Gasteiger partial charge in [0.05, 0.1) is 0 Å². The van der Waals surface area contributed by atoms with Gasteiger partial charge < -0.3 is 9.13 Å². The monoisotopic (exact) mass is 506 g/mol. The Morgan fingerprint density at radius 2 is 0.923 bits per heavy atom. The van der Waals surface area contributed by atoms with Gasteiger partial charge in [-0.05, 0) is 115 Å². The third kappa shape index (κ3) is 3.40. The van der Waals surface area contributed by atoms with Crippen molar-refractivity contribution in [3.8, 4) is 0 Å². The predicted octanol–water partition coefficient (Wildman–Crippen LogP) is 10.0. The molecule has 2 nitrogen and oxygen atoms in total. The van der Waals surface area contributed by atoms with Gasteiger partial charge in [-0.2, -0.15) is 0 Å². The molecule has 4 aromatic carbocycles. The van der Waals surface area contributed by atoms with Crippen molar-refractivity contribution in [2.75, 3.05) is 0 Å². The Morgan fingerprint density at radius 3 is 1.33 bits per heavy atom. The highest BCUT2D eigenvalue weighted by Gasteiger charge is 2.34. The molecule has 1 fully saturated rings. The number of aryl methyl sites for hydroxylation is 2. The molecule has 6 heterocycles. The Bertz CT molecular complexity index is 1800. The van der Waals surface area contributed by atoms with E-state index in [0.717, 1.165) is 13.1 Å². The zero-order valence-corrected chi connectivity index (χ0v) is 22.5. The highest BCUT2D eigenvalue weighted by atomic mass is 15.0. The molecule has 5 aliphatic rings. The Morgan fingerprint density at radius 1 is 0.513 bits per heavy atom. The predicted molar refractivity (Wildman–Crippen MR) is 168 cm³/mol. The van der Waals surface area contributed by atoms with Gasteiger partial charge in [0, 0.05) is 56.7 Å². The Kier molecular flexibility index (Phi) is 5.13. The summed E-state index contributed by atoms with van der Waals surface area (Å²) in [7, 11) is 0. The second-order valence-electron chi connectivity index (χ2n) is 11.7. The van der Waals surface area contributed by atoms with Crippen LogP contribution in [0.4, 0.5) is 0 Å². The maximum atomic E-state index is 4.04. The number of nitrogens with zero attached hydrogens (tertiary/aromatic N) is 2. The molecule has 6 aromatic rings. The molecule has 0 amide bonds. The van der Waals surface area contributed by atoms with Crippen LogP contribution >= 0.6 is 0 Å². The fraction of sp³-hybridized carbons (Fsp3) is 0.243. The van der Waals surface area contributed by atoms with E-state index in [-0.39, 0.29) is 0 Å². The molecule has 0 spiro atoms. The lowest BCUT2D eigenvalue weighted by Crippen LogP contribution is -2.21. The zero-order chi connectivity index (χ0) is 26.1. The van der Waals surface area contributed by atoms with Gasteiger partial charge in [-0.15, -0.1) is 0 Å². The minimum Gasteiger partial charge on any atom is -0.340 e. The number of hydrogen-bond acceptors (Lipinski definition) is 0. The largest absolute Gasteiger partial charge is 0.340 e. The first-order chi connectivity index (χ1) is 19.2. The molecule has 2 heteroatoms. The van der Waals surface area contributed by atoms with E-state index in [1.165, 1.54) is 98.0 Å². The lowest BCUT2D eigenvalue weighted by Gasteiger charge is -2.37. The Hall–Kier alpha value is -4.04. The summed E-state index contributed by atoms with van der Waals surface area (Å²) in [6, 6.07) is 28.4. The van der Waals surface area contributed by atoms with E-state index in [0.29, 0.717) is 11.8 Å². The molecular formula is C37H34N2. The number of aromatic nitrogens is 2. The van der Waals surface area contributed by atoms with Crippen LogP contribution in [0.1, 0.15) is 66.2 Å². The molecule has 2 aromatic heterocycles. The molecule has 192 valence electrons. The lowest BCUT2D eigenvalue weighted by molar-refractivity contribution is 0.347. The molecule has 11 rings (SSSR count). The van der Waals surface area contributed by atoms with E-state index in [1.807, 2.05) is 12.2 Å². The first kappa shape index (κ1) is 22.9. The van der Waals surface area contributed by atoms with Crippen molar-refractivity contribution in [1.29, 1.82) is 0 Å². The highest BCUT2D eigenvalue weighted by molar-refractivity contribution is 6.10. The van der Waals surface area contributed by atoms with E-state index >= 15 is 0 Å². The SMILES string of the molecule is C=Cc1ccc2c(c1)c1cc3ccc1n2CCCCCn1c2ccc(C=C)cc2c2cc(ccc21)[C@@H]1CC[C@H]31. The normalized spacial score (nSPS) is 19.3. The van der Waals surface area contributed by atoms with Crippen LogP contribution in [-0.2, 0) is 13.1 Å². The van der Waals surface area contributed by atoms with Crippen molar-refractivity contribution in [2.45, 2.75) is 57.0 Å². The summed E-state index contributed by atoms with van der Waals surface area (Å²) >= 11 is 0. The van der Waals surface area contributed by atoms with Gasteiger partial charge in [0.1, 0.15) is 0 Å². The van der Waals surface area contributed by atoms with Crippen molar-refractivity contribution < 1.29 is 0 Å². The molecule has 1 saturated carbocycles. The molecular weight excluding hydrogens is 472 g/mol. The van der Waals surface area contributed by atoms with Gasteiger partial charge in [-0.1, -0.05) is 49.6 Å². The van der Waals surface area contributed by atoms with Gasteiger partial charge >= 0.3 is 0 Å². The highest BCUT2D eigenvalue weighted by Crippen LogP contribution is 2.50. The molecule has 0 radical (unpaired) electrons. The third-order valence-electron chi connectivity index (χ3n) is 9.69. The van der Waals surface area contributed by atoms with Crippen LogP contribution in [0.15, 0.2) is 86.0 Å².